The van der Waals surface area contributed by atoms with Crippen LogP contribution in [-0.2, 0) is 11.3 Å². The Balaban J connectivity index is 1.74. The van der Waals surface area contributed by atoms with Crippen LogP contribution in [0.25, 0.3) is 0 Å². The van der Waals surface area contributed by atoms with Crippen LogP contribution < -0.4 is 10.6 Å². The number of ether oxygens (including phenoxy) is 1. The molecule has 2 amide bonds. The van der Waals surface area contributed by atoms with Gasteiger partial charge in [-0.2, -0.15) is 0 Å². The van der Waals surface area contributed by atoms with E-state index in [2.05, 4.69) is 10.6 Å². The predicted octanol–water partition coefficient (Wildman–Crippen LogP) is 1.59. The van der Waals surface area contributed by atoms with E-state index in [-0.39, 0.29) is 24.4 Å². The Morgan fingerprint density at radius 3 is 2.71 bits per heavy atom. The van der Waals surface area contributed by atoms with E-state index in [1.54, 1.807) is 0 Å². The van der Waals surface area contributed by atoms with E-state index in [1.807, 2.05) is 6.92 Å². The maximum atomic E-state index is 11.8. The maximum absolute atomic E-state index is 11.8. The second kappa shape index (κ2) is 7.12. The first-order valence-electron chi connectivity index (χ1n) is 7.00. The Kier molecular flexibility index (Phi) is 5.21. The molecule has 2 rings (SSSR count). The van der Waals surface area contributed by atoms with Crippen LogP contribution >= 0.6 is 0 Å². The second-order valence-electron chi connectivity index (χ2n) is 5.14. The Bertz CT molecular complexity index is 493. The lowest BCUT2D eigenvalue weighted by Crippen LogP contribution is -2.45. The first-order chi connectivity index (χ1) is 10.1. The van der Waals surface area contributed by atoms with Gasteiger partial charge in [0.05, 0.1) is 6.54 Å². The summed E-state index contributed by atoms with van der Waals surface area (Å²) in [7, 11) is 0. The molecule has 0 aromatic carbocycles. The minimum Gasteiger partial charge on any atom is -0.475 e. The topological polar surface area (TPSA) is 101 Å². The lowest BCUT2D eigenvalue weighted by atomic mass is 9.93. The number of nitrogens with one attached hydrogen (secondary N) is 2. The molecule has 7 heteroatoms. The summed E-state index contributed by atoms with van der Waals surface area (Å²) in [6.07, 6.45) is 1.89. The average Bonchev–Trinajstić information content (AvgIpc) is 2.95. The van der Waals surface area contributed by atoms with Crippen LogP contribution in [-0.4, -0.2) is 36.4 Å². The van der Waals surface area contributed by atoms with Crippen molar-refractivity contribution in [1.82, 2.24) is 10.6 Å². The number of rotatable bonds is 5. The highest BCUT2D eigenvalue weighted by Gasteiger charge is 2.21. The minimum atomic E-state index is -1.13. The van der Waals surface area contributed by atoms with E-state index in [4.69, 9.17) is 14.3 Å². The van der Waals surface area contributed by atoms with E-state index in [0.29, 0.717) is 11.7 Å². The Morgan fingerprint density at radius 1 is 1.38 bits per heavy atom. The quantitative estimate of drug-likeness (QED) is 0.766. The summed E-state index contributed by atoms with van der Waals surface area (Å²) < 4.78 is 10.4. The fourth-order valence-corrected chi connectivity index (χ4v) is 2.35. The van der Waals surface area contributed by atoms with Crippen LogP contribution in [0.1, 0.15) is 36.1 Å². The van der Waals surface area contributed by atoms with Gasteiger partial charge in [-0.25, -0.2) is 9.59 Å². The van der Waals surface area contributed by atoms with Crippen molar-refractivity contribution in [1.29, 1.82) is 0 Å². The number of urea groups is 1. The molecular formula is C14H20N2O5. The number of aromatic carboxylic acids is 1. The molecule has 1 aromatic rings. The summed E-state index contributed by atoms with van der Waals surface area (Å²) in [6.45, 7) is 3.61. The van der Waals surface area contributed by atoms with Crippen molar-refractivity contribution in [3.63, 3.8) is 0 Å². The minimum absolute atomic E-state index is 0.0695. The number of carbonyl (C=O) groups is 2. The summed E-state index contributed by atoms with van der Waals surface area (Å²) >= 11 is 0. The molecule has 1 aromatic heterocycles. The van der Waals surface area contributed by atoms with Crippen molar-refractivity contribution >= 4 is 12.0 Å². The van der Waals surface area contributed by atoms with Crippen LogP contribution in [0.3, 0.4) is 0 Å². The van der Waals surface area contributed by atoms with Crippen molar-refractivity contribution in [2.45, 2.75) is 32.4 Å². The zero-order chi connectivity index (χ0) is 15.2. The molecule has 1 fully saturated rings. The number of hydrogen-bond acceptors (Lipinski definition) is 4. The molecule has 0 radical (unpaired) electrons. The molecule has 116 valence electrons. The van der Waals surface area contributed by atoms with Crippen molar-refractivity contribution in [2.24, 2.45) is 5.92 Å². The molecule has 1 unspecified atom stereocenters. The Hall–Kier alpha value is -2.02. The van der Waals surface area contributed by atoms with Gasteiger partial charge in [-0.05, 0) is 37.8 Å². The van der Waals surface area contributed by atoms with Crippen LogP contribution in [0.4, 0.5) is 4.79 Å². The summed E-state index contributed by atoms with van der Waals surface area (Å²) in [5.41, 5.74) is 0. The summed E-state index contributed by atoms with van der Waals surface area (Å²) in [5.74, 6) is -0.436. The molecule has 0 spiro atoms. The van der Waals surface area contributed by atoms with Crippen molar-refractivity contribution in [3.05, 3.63) is 23.7 Å². The molecule has 0 bridgehead atoms. The van der Waals surface area contributed by atoms with E-state index >= 15 is 0 Å². The van der Waals surface area contributed by atoms with Crippen LogP contribution in [0, 0.1) is 5.92 Å². The van der Waals surface area contributed by atoms with Crippen molar-refractivity contribution < 1.29 is 23.8 Å². The van der Waals surface area contributed by atoms with Gasteiger partial charge >= 0.3 is 12.0 Å². The first kappa shape index (κ1) is 15.4. The van der Waals surface area contributed by atoms with Gasteiger partial charge in [-0.15, -0.1) is 0 Å². The molecule has 3 N–H and O–H groups in total. The number of amides is 2. The van der Waals surface area contributed by atoms with Gasteiger partial charge in [-0.1, -0.05) is 0 Å². The van der Waals surface area contributed by atoms with Gasteiger partial charge in [0.2, 0.25) is 5.76 Å². The van der Waals surface area contributed by atoms with E-state index in [0.717, 1.165) is 26.1 Å². The van der Waals surface area contributed by atoms with Gasteiger partial charge in [0.25, 0.3) is 0 Å². The molecule has 1 aliphatic heterocycles. The van der Waals surface area contributed by atoms with E-state index in [1.165, 1.54) is 12.1 Å². The number of hydrogen-bond donors (Lipinski definition) is 3. The zero-order valence-electron chi connectivity index (χ0n) is 11.9. The third-order valence-corrected chi connectivity index (χ3v) is 3.63. The molecular weight excluding hydrogens is 276 g/mol. The molecule has 2 heterocycles. The van der Waals surface area contributed by atoms with E-state index < -0.39 is 5.97 Å². The third kappa shape index (κ3) is 4.49. The lowest BCUT2D eigenvalue weighted by molar-refractivity contribution is 0.0570. The van der Waals surface area contributed by atoms with Gasteiger partial charge in [-0.3, -0.25) is 0 Å². The standard InChI is InChI=1S/C14H20N2O5/c1-9(10-4-6-20-7-5-10)16-14(19)15-8-11-2-3-12(21-11)13(17)18/h2-3,9-10H,4-8H2,1H3,(H,17,18)(H2,15,16,19). The van der Waals surface area contributed by atoms with Crippen LogP contribution in [0.2, 0.25) is 0 Å². The first-order valence-corrected chi connectivity index (χ1v) is 7.00. The second-order valence-corrected chi connectivity index (χ2v) is 5.14. The highest BCUT2D eigenvalue weighted by molar-refractivity contribution is 5.84. The molecule has 1 aliphatic rings. The van der Waals surface area contributed by atoms with Crippen molar-refractivity contribution in [3.8, 4) is 0 Å². The number of carboxylic acid groups (broad SMARTS) is 1. The highest BCUT2D eigenvalue weighted by Crippen LogP contribution is 2.18. The zero-order valence-corrected chi connectivity index (χ0v) is 11.9. The fourth-order valence-electron chi connectivity index (χ4n) is 2.35. The molecule has 1 atom stereocenters. The Morgan fingerprint density at radius 2 is 2.10 bits per heavy atom. The Labute approximate surface area is 122 Å². The van der Waals surface area contributed by atoms with Crippen LogP contribution in [0.15, 0.2) is 16.5 Å². The summed E-state index contributed by atoms with van der Waals surface area (Å²) in [5, 5.41) is 14.3. The number of carboxylic acids is 1. The SMILES string of the molecule is CC(NC(=O)NCc1ccc(C(=O)O)o1)C1CCOCC1. The lowest BCUT2D eigenvalue weighted by Gasteiger charge is -2.28. The molecule has 1 saturated heterocycles. The van der Waals surface area contributed by atoms with Gasteiger partial charge in [0.1, 0.15) is 5.76 Å². The monoisotopic (exact) mass is 296 g/mol. The normalized spacial score (nSPS) is 17.2. The third-order valence-electron chi connectivity index (χ3n) is 3.63. The smallest absolute Gasteiger partial charge is 0.371 e. The molecule has 0 aliphatic carbocycles. The number of carbonyl (C=O) groups excluding carboxylic acids is 1. The average molecular weight is 296 g/mol. The predicted molar refractivity (Wildman–Crippen MR) is 74.0 cm³/mol. The molecule has 21 heavy (non-hydrogen) atoms. The highest BCUT2D eigenvalue weighted by atomic mass is 16.5. The van der Waals surface area contributed by atoms with E-state index in [9.17, 15) is 9.59 Å². The molecule has 0 saturated carbocycles. The van der Waals surface area contributed by atoms with Crippen molar-refractivity contribution in [2.75, 3.05) is 13.2 Å². The largest absolute Gasteiger partial charge is 0.475 e. The maximum Gasteiger partial charge on any atom is 0.371 e. The number of furan rings is 1. The molecule has 7 nitrogen and oxygen atoms in total. The van der Waals surface area contributed by atoms with Gasteiger partial charge < -0.3 is 24.9 Å². The summed E-state index contributed by atoms with van der Waals surface area (Å²) in [4.78, 5) is 22.5. The van der Waals surface area contributed by atoms with Gasteiger partial charge in [0, 0.05) is 19.3 Å². The van der Waals surface area contributed by atoms with Gasteiger partial charge in [0.15, 0.2) is 0 Å². The summed E-state index contributed by atoms with van der Waals surface area (Å²) in [6, 6.07) is 2.68. The fraction of sp³-hybridized carbons (Fsp3) is 0.571. The van der Waals surface area contributed by atoms with Crippen LogP contribution in [0.5, 0.6) is 0 Å².